The van der Waals surface area contributed by atoms with Crippen LogP contribution >= 0.6 is 11.6 Å². The fourth-order valence-corrected chi connectivity index (χ4v) is 2.68. The van der Waals surface area contributed by atoms with Crippen LogP contribution in [0.4, 0.5) is 5.69 Å². The van der Waals surface area contributed by atoms with Crippen molar-refractivity contribution in [3.63, 3.8) is 0 Å². The first kappa shape index (κ1) is 15.7. The molecular formula is C17H21ClN2O. The smallest absolute Gasteiger partial charge is 0.122 e. The number of rotatable bonds is 4. The molecule has 0 heterocycles. The van der Waals surface area contributed by atoms with Crippen molar-refractivity contribution in [1.29, 1.82) is 0 Å². The van der Waals surface area contributed by atoms with Crippen molar-refractivity contribution >= 4 is 17.3 Å². The van der Waals surface area contributed by atoms with Crippen LogP contribution in [0.15, 0.2) is 42.5 Å². The van der Waals surface area contributed by atoms with Crippen LogP contribution in [-0.4, -0.2) is 12.2 Å². The Hall–Kier alpha value is -1.71. The summed E-state index contributed by atoms with van der Waals surface area (Å²) in [5.41, 5.74) is 8.54. The van der Waals surface area contributed by atoms with Gasteiger partial charge < -0.3 is 15.7 Å². The van der Waals surface area contributed by atoms with Crippen molar-refractivity contribution < 1.29 is 5.11 Å². The number of benzene rings is 2. The molecule has 0 aliphatic heterocycles. The maximum Gasteiger partial charge on any atom is 0.122 e. The zero-order chi connectivity index (χ0) is 15.6. The molecule has 2 aromatic rings. The van der Waals surface area contributed by atoms with Crippen molar-refractivity contribution in [2.75, 3.05) is 11.9 Å². The van der Waals surface area contributed by atoms with Crippen LogP contribution in [0.5, 0.6) is 5.75 Å². The minimum absolute atomic E-state index is 0.0965. The lowest BCUT2D eigenvalue weighted by molar-refractivity contribution is 0.463. The monoisotopic (exact) mass is 304 g/mol. The molecule has 2 unspecified atom stereocenters. The minimum atomic E-state index is -0.189. The standard InChI is InChI=1S/C17H21ClN2O/c1-11(19)14-9-8-13(10-17(14)21)20(3)12(2)15-6-4-5-7-16(15)18/h4-12,21H,19H2,1-3H3. The summed E-state index contributed by atoms with van der Waals surface area (Å²) < 4.78 is 0. The van der Waals surface area contributed by atoms with E-state index in [2.05, 4.69) is 11.8 Å². The summed E-state index contributed by atoms with van der Waals surface area (Å²) in [6.45, 7) is 3.93. The van der Waals surface area contributed by atoms with E-state index in [-0.39, 0.29) is 17.8 Å². The van der Waals surface area contributed by atoms with Gasteiger partial charge in [0.1, 0.15) is 5.75 Å². The fraction of sp³-hybridized carbons (Fsp3) is 0.294. The Morgan fingerprint density at radius 3 is 2.33 bits per heavy atom. The van der Waals surface area contributed by atoms with E-state index in [1.165, 1.54) is 0 Å². The van der Waals surface area contributed by atoms with E-state index in [1.807, 2.05) is 50.4 Å². The summed E-state index contributed by atoms with van der Waals surface area (Å²) in [6, 6.07) is 13.3. The summed E-state index contributed by atoms with van der Waals surface area (Å²) in [7, 11) is 1.98. The summed E-state index contributed by atoms with van der Waals surface area (Å²) in [6.07, 6.45) is 0. The van der Waals surface area contributed by atoms with Crippen LogP contribution < -0.4 is 10.6 Å². The second kappa shape index (κ2) is 6.37. The summed E-state index contributed by atoms with van der Waals surface area (Å²) in [5, 5.41) is 10.8. The van der Waals surface area contributed by atoms with Crippen LogP contribution in [0.2, 0.25) is 5.02 Å². The number of nitrogens with zero attached hydrogens (tertiary/aromatic N) is 1. The average Bonchev–Trinajstić information content (AvgIpc) is 2.45. The minimum Gasteiger partial charge on any atom is -0.508 e. The predicted octanol–water partition coefficient (Wildman–Crippen LogP) is 4.26. The number of nitrogens with two attached hydrogens (primary N) is 1. The highest BCUT2D eigenvalue weighted by molar-refractivity contribution is 6.31. The van der Waals surface area contributed by atoms with Gasteiger partial charge in [0, 0.05) is 35.4 Å². The number of hydrogen-bond donors (Lipinski definition) is 2. The maximum atomic E-state index is 10.1. The van der Waals surface area contributed by atoms with Gasteiger partial charge in [0.15, 0.2) is 0 Å². The first-order chi connectivity index (χ1) is 9.91. The molecule has 2 rings (SSSR count). The molecule has 0 saturated carbocycles. The molecule has 4 heteroatoms. The number of anilines is 1. The molecule has 3 N–H and O–H groups in total. The first-order valence-electron chi connectivity index (χ1n) is 6.97. The van der Waals surface area contributed by atoms with E-state index in [0.29, 0.717) is 0 Å². The molecule has 2 aromatic carbocycles. The summed E-state index contributed by atoms with van der Waals surface area (Å²) >= 11 is 6.26. The quantitative estimate of drug-likeness (QED) is 0.887. The Labute approximate surface area is 131 Å². The molecule has 0 radical (unpaired) electrons. The zero-order valence-electron chi connectivity index (χ0n) is 12.5. The summed E-state index contributed by atoms with van der Waals surface area (Å²) in [5.74, 6) is 0.223. The van der Waals surface area contributed by atoms with Gasteiger partial charge in [-0.05, 0) is 31.5 Å². The van der Waals surface area contributed by atoms with E-state index in [9.17, 15) is 5.11 Å². The molecule has 0 aliphatic carbocycles. The van der Waals surface area contributed by atoms with Crippen molar-refractivity contribution in [3.8, 4) is 5.75 Å². The van der Waals surface area contributed by atoms with Crippen LogP contribution in [0.3, 0.4) is 0 Å². The van der Waals surface area contributed by atoms with Gasteiger partial charge in [0.05, 0.1) is 6.04 Å². The van der Waals surface area contributed by atoms with Crippen LogP contribution in [-0.2, 0) is 0 Å². The Balaban J connectivity index is 2.30. The lowest BCUT2D eigenvalue weighted by atomic mass is 10.0. The molecule has 112 valence electrons. The lowest BCUT2D eigenvalue weighted by Crippen LogP contribution is -2.22. The van der Waals surface area contributed by atoms with Crippen LogP contribution in [0.25, 0.3) is 0 Å². The number of aromatic hydroxyl groups is 1. The predicted molar refractivity (Wildman–Crippen MR) is 89.0 cm³/mol. The van der Waals surface area contributed by atoms with E-state index in [4.69, 9.17) is 17.3 Å². The van der Waals surface area contributed by atoms with Gasteiger partial charge in [0.2, 0.25) is 0 Å². The van der Waals surface area contributed by atoms with Gasteiger partial charge in [-0.3, -0.25) is 0 Å². The van der Waals surface area contributed by atoms with Crippen LogP contribution in [0, 0.1) is 0 Å². The number of hydrogen-bond acceptors (Lipinski definition) is 3. The molecule has 0 aliphatic rings. The third-order valence-electron chi connectivity index (χ3n) is 3.85. The van der Waals surface area contributed by atoms with Crippen molar-refractivity contribution in [2.24, 2.45) is 5.73 Å². The molecule has 0 amide bonds. The fourth-order valence-electron chi connectivity index (χ4n) is 2.38. The zero-order valence-corrected chi connectivity index (χ0v) is 13.3. The highest BCUT2D eigenvalue weighted by Gasteiger charge is 2.16. The largest absolute Gasteiger partial charge is 0.508 e. The van der Waals surface area contributed by atoms with Crippen molar-refractivity contribution in [1.82, 2.24) is 0 Å². The molecule has 0 saturated heterocycles. The molecule has 2 atom stereocenters. The topological polar surface area (TPSA) is 49.5 Å². The van der Waals surface area contributed by atoms with E-state index in [1.54, 1.807) is 6.07 Å². The second-order valence-corrected chi connectivity index (χ2v) is 5.75. The highest BCUT2D eigenvalue weighted by atomic mass is 35.5. The van der Waals surface area contributed by atoms with Crippen molar-refractivity contribution in [2.45, 2.75) is 25.9 Å². The third kappa shape index (κ3) is 3.31. The Bertz CT molecular complexity index is 628. The Morgan fingerprint density at radius 2 is 1.76 bits per heavy atom. The molecular weight excluding hydrogens is 284 g/mol. The Morgan fingerprint density at radius 1 is 1.10 bits per heavy atom. The van der Waals surface area contributed by atoms with Gasteiger partial charge in [-0.2, -0.15) is 0 Å². The van der Waals surface area contributed by atoms with E-state index < -0.39 is 0 Å². The van der Waals surface area contributed by atoms with Gasteiger partial charge in [-0.1, -0.05) is 35.9 Å². The second-order valence-electron chi connectivity index (χ2n) is 5.34. The third-order valence-corrected chi connectivity index (χ3v) is 4.19. The molecule has 3 nitrogen and oxygen atoms in total. The number of phenols is 1. The maximum absolute atomic E-state index is 10.1. The number of halogens is 1. The first-order valence-corrected chi connectivity index (χ1v) is 7.35. The SMILES string of the molecule is CC(N)c1ccc(N(C)C(C)c2ccccc2Cl)cc1O. The molecule has 0 fully saturated rings. The van der Waals surface area contributed by atoms with Gasteiger partial charge in [0.25, 0.3) is 0 Å². The normalized spacial score (nSPS) is 13.8. The average molecular weight is 305 g/mol. The number of phenolic OH excluding ortho intramolecular Hbond substituents is 1. The van der Waals surface area contributed by atoms with E-state index in [0.717, 1.165) is 21.8 Å². The Kier molecular flexibility index (Phi) is 4.76. The van der Waals surface area contributed by atoms with Crippen LogP contribution in [0.1, 0.15) is 37.1 Å². The van der Waals surface area contributed by atoms with E-state index >= 15 is 0 Å². The summed E-state index contributed by atoms with van der Waals surface area (Å²) in [4.78, 5) is 2.08. The van der Waals surface area contributed by atoms with Gasteiger partial charge in [-0.15, -0.1) is 0 Å². The van der Waals surface area contributed by atoms with Crippen molar-refractivity contribution in [3.05, 3.63) is 58.6 Å². The molecule has 21 heavy (non-hydrogen) atoms. The molecule has 0 bridgehead atoms. The highest BCUT2D eigenvalue weighted by Crippen LogP contribution is 2.33. The van der Waals surface area contributed by atoms with Gasteiger partial charge in [-0.25, -0.2) is 0 Å². The molecule has 0 spiro atoms. The lowest BCUT2D eigenvalue weighted by Gasteiger charge is -2.28. The van der Waals surface area contributed by atoms with Gasteiger partial charge >= 0.3 is 0 Å². The molecule has 0 aromatic heterocycles.